The number of carbonyl (C=O) groups is 1. The van der Waals surface area contributed by atoms with Crippen LogP contribution in [-0.2, 0) is 13.0 Å². The van der Waals surface area contributed by atoms with Gasteiger partial charge in [0, 0.05) is 37.5 Å². The highest BCUT2D eigenvalue weighted by Gasteiger charge is 2.31. The Labute approximate surface area is 148 Å². The Hall–Kier alpha value is -2.21. The van der Waals surface area contributed by atoms with Gasteiger partial charge in [0.2, 0.25) is 0 Å². The minimum Gasteiger partial charge on any atom is -0.493 e. The van der Waals surface area contributed by atoms with Gasteiger partial charge in [-0.15, -0.1) is 0 Å². The lowest BCUT2D eigenvalue weighted by atomic mass is 10.00. The highest BCUT2D eigenvalue weighted by molar-refractivity contribution is 5.74. The average molecular weight is 346 g/mol. The van der Waals surface area contributed by atoms with Crippen LogP contribution >= 0.6 is 0 Å². The molecule has 1 unspecified atom stereocenters. The number of hydrogen-bond donors (Lipinski definition) is 2. The Bertz CT molecular complexity index is 672. The Morgan fingerprint density at radius 3 is 2.96 bits per heavy atom. The van der Waals surface area contributed by atoms with Crippen molar-refractivity contribution >= 4 is 6.03 Å². The standard InChI is InChI=1S/C19H26N2O4/c1-12(2)20-19(23)21-8-4-5-14(22)9-15-10-16-13(11-21)6-7-17(24-3)18(16)25-15/h4-7,12,14-15,22H,8-11H2,1-3H3,(H,20,23)/b5-4+/t14-,15?/m0/s1. The number of benzene rings is 1. The quantitative estimate of drug-likeness (QED) is 0.806. The van der Waals surface area contributed by atoms with Gasteiger partial charge in [-0.2, -0.15) is 0 Å². The molecule has 2 bridgehead atoms. The van der Waals surface area contributed by atoms with Crippen molar-refractivity contribution in [2.75, 3.05) is 13.7 Å². The van der Waals surface area contributed by atoms with E-state index in [-0.39, 0.29) is 18.2 Å². The number of rotatable bonds is 2. The molecule has 0 saturated carbocycles. The number of methoxy groups -OCH3 is 1. The second-order valence-corrected chi connectivity index (χ2v) is 6.89. The molecule has 0 fully saturated rings. The number of fused-ring (bicyclic) bond motifs is 1. The van der Waals surface area contributed by atoms with Crippen LogP contribution in [0, 0.1) is 0 Å². The zero-order valence-corrected chi connectivity index (χ0v) is 15.0. The number of aliphatic hydroxyl groups is 1. The van der Waals surface area contributed by atoms with Gasteiger partial charge in [0.15, 0.2) is 11.5 Å². The average Bonchev–Trinajstić information content (AvgIpc) is 2.95. The number of amides is 2. The van der Waals surface area contributed by atoms with E-state index in [1.165, 1.54) is 0 Å². The van der Waals surface area contributed by atoms with Gasteiger partial charge in [0.05, 0.1) is 13.2 Å². The van der Waals surface area contributed by atoms with E-state index in [2.05, 4.69) is 5.32 Å². The predicted octanol–water partition coefficient (Wildman–Crippen LogP) is 2.24. The highest BCUT2D eigenvalue weighted by Crippen LogP contribution is 2.41. The zero-order valence-electron chi connectivity index (χ0n) is 15.0. The Kier molecular flexibility index (Phi) is 5.18. The zero-order chi connectivity index (χ0) is 18.0. The first kappa shape index (κ1) is 17.6. The minimum atomic E-state index is -0.595. The summed E-state index contributed by atoms with van der Waals surface area (Å²) in [6.45, 7) is 4.81. The van der Waals surface area contributed by atoms with Crippen molar-refractivity contribution in [2.24, 2.45) is 0 Å². The largest absolute Gasteiger partial charge is 0.493 e. The van der Waals surface area contributed by atoms with Crippen LogP contribution in [0.1, 0.15) is 31.4 Å². The summed E-state index contributed by atoms with van der Waals surface area (Å²) < 4.78 is 11.5. The van der Waals surface area contributed by atoms with Gasteiger partial charge in [-0.3, -0.25) is 0 Å². The Morgan fingerprint density at radius 2 is 2.24 bits per heavy atom. The Morgan fingerprint density at radius 1 is 1.44 bits per heavy atom. The van der Waals surface area contributed by atoms with Crippen molar-refractivity contribution in [1.29, 1.82) is 0 Å². The lowest BCUT2D eigenvalue weighted by molar-refractivity contribution is 0.133. The molecule has 2 aliphatic heterocycles. The van der Waals surface area contributed by atoms with Gasteiger partial charge in [0.25, 0.3) is 0 Å². The summed E-state index contributed by atoms with van der Waals surface area (Å²) in [5.41, 5.74) is 2.13. The topological polar surface area (TPSA) is 71.0 Å². The van der Waals surface area contributed by atoms with Crippen LogP contribution in [0.25, 0.3) is 0 Å². The van der Waals surface area contributed by atoms with E-state index in [0.29, 0.717) is 31.7 Å². The number of nitrogens with zero attached hydrogens (tertiary/aromatic N) is 1. The van der Waals surface area contributed by atoms with Crippen LogP contribution < -0.4 is 14.8 Å². The van der Waals surface area contributed by atoms with Crippen LogP contribution in [0.5, 0.6) is 11.5 Å². The van der Waals surface area contributed by atoms with Crippen molar-refractivity contribution < 1.29 is 19.4 Å². The lowest BCUT2D eigenvalue weighted by Gasteiger charge is -2.24. The van der Waals surface area contributed by atoms with E-state index in [9.17, 15) is 9.90 Å². The molecule has 0 aromatic heterocycles. The fourth-order valence-corrected chi connectivity index (χ4v) is 3.33. The maximum absolute atomic E-state index is 12.5. The van der Waals surface area contributed by atoms with Gasteiger partial charge < -0.3 is 24.8 Å². The fourth-order valence-electron chi connectivity index (χ4n) is 3.33. The van der Waals surface area contributed by atoms with Crippen LogP contribution in [0.15, 0.2) is 24.3 Å². The molecule has 3 rings (SSSR count). The van der Waals surface area contributed by atoms with Crippen molar-refractivity contribution in [3.05, 3.63) is 35.4 Å². The van der Waals surface area contributed by atoms with Crippen LogP contribution in [0.4, 0.5) is 4.79 Å². The first-order valence-corrected chi connectivity index (χ1v) is 8.73. The number of carbonyl (C=O) groups excluding carboxylic acids is 1. The van der Waals surface area contributed by atoms with E-state index >= 15 is 0 Å². The molecule has 136 valence electrons. The summed E-state index contributed by atoms with van der Waals surface area (Å²) in [7, 11) is 1.62. The molecule has 6 nitrogen and oxygen atoms in total. The minimum absolute atomic E-state index is 0.0644. The summed E-state index contributed by atoms with van der Waals surface area (Å²) >= 11 is 0. The summed E-state index contributed by atoms with van der Waals surface area (Å²) in [5.74, 6) is 1.44. The second kappa shape index (κ2) is 7.35. The summed E-state index contributed by atoms with van der Waals surface area (Å²) in [6.07, 6.45) is 4.14. The first-order chi connectivity index (χ1) is 12.0. The highest BCUT2D eigenvalue weighted by atomic mass is 16.5. The third kappa shape index (κ3) is 3.90. The van der Waals surface area contributed by atoms with Gasteiger partial charge in [0.1, 0.15) is 6.10 Å². The molecule has 2 N–H and O–H groups in total. The molecule has 25 heavy (non-hydrogen) atoms. The Balaban J connectivity index is 1.95. The molecule has 2 heterocycles. The van der Waals surface area contributed by atoms with E-state index in [1.807, 2.05) is 32.1 Å². The molecule has 2 aliphatic rings. The molecule has 1 aromatic carbocycles. The third-order valence-corrected chi connectivity index (χ3v) is 4.51. The van der Waals surface area contributed by atoms with Crippen LogP contribution in [0.3, 0.4) is 0 Å². The van der Waals surface area contributed by atoms with E-state index in [0.717, 1.165) is 16.9 Å². The lowest BCUT2D eigenvalue weighted by Crippen LogP contribution is -2.42. The van der Waals surface area contributed by atoms with Crippen molar-refractivity contribution in [3.8, 4) is 11.5 Å². The van der Waals surface area contributed by atoms with Gasteiger partial charge in [-0.25, -0.2) is 4.79 Å². The number of nitrogens with one attached hydrogen (secondary N) is 1. The molecule has 2 amide bonds. The molecule has 2 atom stereocenters. The molecular weight excluding hydrogens is 320 g/mol. The number of hydrogen-bond acceptors (Lipinski definition) is 4. The number of ether oxygens (including phenoxy) is 2. The van der Waals surface area contributed by atoms with Gasteiger partial charge in [-0.1, -0.05) is 18.2 Å². The molecule has 6 heteroatoms. The third-order valence-electron chi connectivity index (χ3n) is 4.51. The van der Waals surface area contributed by atoms with E-state index in [1.54, 1.807) is 18.1 Å². The second-order valence-electron chi connectivity index (χ2n) is 6.89. The van der Waals surface area contributed by atoms with Gasteiger partial charge in [-0.05, 0) is 25.5 Å². The van der Waals surface area contributed by atoms with Gasteiger partial charge >= 0.3 is 6.03 Å². The SMILES string of the molecule is COc1ccc2c3c1OC(C3)C[C@@H](O)/C=C/CN(C(=O)NC(C)C)C2. The van der Waals surface area contributed by atoms with Crippen LogP contribution in [0.2, 0.25) is 0 Å². The normalized spacial score (nSPS) is 23.6. The molecule has 0 aliphatic carbocycles. The number of urea groups is 1. The molecule has 1 aromatic rings. The molecule has 0 saturated heterocycles. The van der Waals surface area contributed by atoms with Crippen LogP contribution in [-0.4, -0.2) is 47.9 Å². The predicted molar refractivity (Wildman–Crippen MR) is 95.0 cm³/mol. The number of aliphatic hydroxyl groups excluding tert-OH is 1. The summed E-state index contributed by atoms with van der Waals surface area (Å²) in [5, 5.41) is 13.1. The fraction of sp³-hybridized carbons (Fsp3) is 0.526. The summed E-state index contributed by atoms with van der Waals surface area (Å²) in [4.78, 5) is 14.3. The maximum atomic E-state index is 12.5. The van der Waals surface area contributed by atoms with Crippen molar-refractivity contribution in [3.63, 3.8) is 0 Å². The molecule has 0 radical (unpaired) electrons. The monoisotopic (exact) mass is 346 g/mol. The van der Waals surface area contributed by atoms with Crippen molar-refractivity contribution in [1.82, 2.24) is 10.2 Å². The maximum Gasteiger partial charge on any atom is 0.318 e. The van der Waals surface area contributed by atoms with E-state index in [4.69, 9.17) is 9.47 Å². The summed E-state index contributed by atoms with van der Waals surface area (Å²) in [6, 6.07) is 3.83. The van der Waals surface area contributed by atoms with E-state index < -0.39 is 6.10 Å². The smallest absolute Gasteiger partial charge is 0.318 e. The molecule has 0 spiro atoms. The first-order valence-electron chi connectivity index (χ1n) is 8.73. The molecular formula is C19H26N2O4. The van der Waals surface area contributed by atoms with Crippen molar-refractivity contribution in [2.45, 2.75) is 51.5 Å².